The highest BCUT2D eigenvalue weighted by Gasteiger charge is 2.21. The van der Waals surface area contributed by atoms with E-state index in [0.717, 1.165) is 0 Å². The molecule has 0 aliphatic rings. The monoisotopic (exact) mass is 279 g/mol. The Balaban J connectivity index is 2.70. The van der Waals surface area contributed by atoms with Crippen LogP contribution in [0.15, 0.2) is 18.5 Å². The van der Waals surface area contributed by atoms with Gasteiger partial charge in [0.15, 0.2) is 11.6 Å². The highest BCUT2D eigenvalue weighted by atomic mass is 19.1. The predicted molar refractivity (Wildman–Crippen MR) is 72.8 cm³/mol. The molecule has 1 N–H and O–H groups in total. The summed E-state index contributed by atoms with van der Waals surface area (Å²) in [5.74, 6) is -0.713. The molecule has 4 nitrogen and oxygen atoms in total. The summed E-state index contributed by atoms with van der Waals surface area (Å²) < 4.78 is 33.4. The Kier molecular flexibility index (Phi) is 4.12. The van der Waals surface area contributed by atoms with Crippen molar-refractivity contribution >= 4 is 5.82 Å². The highest BCUT2D eigenvalue weighted by Crippen LogP contribution is 2.36. The second-order valence-electron chi connectivity index (χ2n) is 4.19. The van der Waals surface area contributed by atoms with E-state index >= 15 is 0 Å². The van der Waals surface area contributed by atoms with Crippen molar-refractivity contribution in [2.24, 2.45) is 0 Å². The van der Waals surface area contributed by atoms with E-state index in [1.165, 1.54) is 25.6 Å². The van der Waals surface area contributed by atoms with Crippen LogP contribution in [0.5, 0.6) is 5.75 Å². The Morgan fingerprint density at radius 3 is 2.65 bits per heavy atom. The SMILES string of the molecule is CCNc1ncnc(-c2c(F)ccc(C)c2F)c1OC. The van der Waals surface area contributed by atoms with E-state index in [1.54, 1.807) is 6.92 Å². The summed E-state index contributed by atoms with van der Waals surface area (Å²) in [6, 6.07) is 2.59. The van der Waals surface area contributed by atoms with Gasteiger partial charge < -0.3 is 10.1 Å². The van der Waals surface area contributed by atoms with E-state index in [0.29, 0.717) is 17.9 Å². The van der Waals surface area contributed by atoms with Crippen LogP contribution >= 0.6 is 0 Å². The van der Waals surface area contributed by atoms with Crippen molar-refractivity contribution in [1.82, 2.24) is 9.97 Å². The van der Waals surface area contributed by atoms with E-state index < -0.39 is 11.6 Å². The lowest BCUT2D eigenvalue weighted by atomic mass is 10.1. The average Bonchev–Trinajstić information content (AvgIpc) is 2.44. The Bertz CT molecular complexity index is 632. The minimum absolute atomic E-state index is 0.0946. The van der Waals surface area contributed by atoms with Crippen LogP contribution in [0.25, 0.3) is 11.3 Å². The van der Waals surface area contributed by atoms with Crippen LogP contribution in [-0.4, -0.2) is 23.6 Å². The number of benzene rings is 1. The molecule has 0 saturated heterocycles. The van der Waals surface area contributed by atoms with Gasteiger partial charge in [0.25, 0.3) is 0 Å². The first kappa shape index (κ1) is 14.2. The number of rotatable bonds is 4. The third-order valence-electron chi connectivity index (χ3n) is 2.87. The molecule has 2 aromatic rings. The minimum Gasteiger partial charge on any atom is -0.491 e. The van der Waals surface area contributed by atoms with Gasteiger partial charge in [0.05, 0.1) is 12.7 Å². The number of nitrogens with zero attached hydrogens (tertiary/aromatic N) is 2. The van der Waals surface area contributed by atoms with Gasteiger partial charge in [0, 0.05) is 6.54 Å². The van der Waals surface area contributed by atoms with Crippen molar-refractivity contribution in [3.05, 3.63) is 35.7 Å². The molecule has 2 rings (SSSR count). The summed E-state index contributed by atoms with van der Waals surface area (Å²) in [6.45, 7) is 4.05. The maximum atomic E-state index is 14.2. The second kappa shape index (κ2) is 5.81. The lowest BCUT2D eigenvalue weighted by molar-refractivity contribution is 0.414. The van der Waals surface area contributed by atoms with Gasteiger partial charge in [0.2, 0.25) is 0 Å². The number of anilines is 1. The van der Waals surface area contributed by atoms with Gasteiger partial charge in [-0.25, -0.2) is 18.7 Å². The van der Waals surface area contributed by atoms with Gasteiger partial charge in [-0.15, -0.1) is 0 Å². The number of methoxy groups -OCH3 is 1. The summed E-state index contributed by atoms with van der Waals surface area (Å²) in [5.41, 5.74) is 0.229. The van der Waals surface area contributed by atoms with Crippen LogP contribution in [0.4, 0.5) is 14.6 Å². The second-order valence-corrected chi connectivity index (χ2v) is 4.19. The molecular formula is C14H15F2N3O. The summed E-state index contributed by atoms with van der Waals surface area (Å²) in [7, 11) is 1.41. The zero-order chi connectivity index (χ0) is 14.7. The Labute approximate surface area is 115 Å². The largest absolute Gasteiger partial charge is 0.491 e. The molecule has 0 radical (unpaired) electrons. The van der Waals surface area contributed by atoms with Crippen LogP contribution in [0, 0.1) is 18.6 Å². The normalized spacial score (nSPS) is 10.4. The fourth-order valence-electron chi connectivity index (χ4n) is 1.91. The first-order valence-electron chi connectivity index (χ1n) is 6.18. The summed E-state index contributed by atoms with van der Waals surface area (Å²) in [6.07, 6.45) is 1.25. The summed E-state index contributed by atoms with van der Waals surface area (Å²) in [5, 5.41) is 2.97. The van der Waals surface area contributed by atoms with Gasteiger partial charge in [-0.3, -0.25) is 0 Å². The minimum atomic E-state index is -0.687. The topological polar surface area (TPSA) is 47.0 Å². The molecule has 1 heterocycles. The third-order valence-corrected chi connectivity index (χ3v) is 2.87. The van der Waals surface area contributed by atoms with Crippen molar-refractivity contribution in [3.8, 4) is 17.0 Å². The smallest absolute Gasteiger partial charge is 0.187 e. The van der Waals surface area contributed by atoms with Crippen LogP contribution < -0.4 is 10.1 Å². The number of halogens is 2. The van der Waals surface area contributed by atoms with Gasteiger partial charge in [-0.2, -0.15) is 0 Å². The first-order valence-corrected chi connectivity index (χ1v) is 6.18. The molecule has 0 spiro atoms. The molecule has 0 fully saturated rings. The average molecular weight is 279 g/mol. The number of aromatic nitrogens is 2. The van der Waals surface area contributed by atoms with E-state index in [-0.39, 0.29) is 17.0 Å². The fourth-order valence-corrected chi connectivity index (χ4v) is 1.91. The maximum Gasteiger partial charge on any atom is 0.187 e. The quantitative estimate of drug-likeness (QED) is 0.933. The van der Waals surface area contributed by atoms with Crippen LogP contribution in [-0.2, 0) is 0 Å². The number of aryl methyl sites for hydroxylation is 1. The Hall–Kier alpha value is -2.24. The molecule has 0 unspecified atom stereocenters. The van der Waals surface area contributed by atoms with Crippen molar-refractivity contribution < 1.29 is 13.5 Å². The van der Waals surface area contributed by atoms with E-state index in [2.05, 4.69) is 15.3 Å². The molecule has 0 amide bonds. The molecule has 0 saturated carbocycles. The van der Waals surface area contributed by atoms with Gasteiger partial charge >= 0.3 is 0 Å². The molecule has 6 heteroatoms. The van der Waals surface area contributed by atoms with Crippen LogP contribution in [0.1, 0.15) is 12.5 Å². The van der Waals surface area contributed by atoms with E-state index in [9.17, 15) is 8.78 Å². The third kappa shape index (κ3) is 2.41. The molecule has 0 aliphatic heterocycles. The zero-order valence-electron chi connectivity index (χ0n) is 11.5. The summed E-state index contributed by atoms with van der Waals surface area (Å²) >= 11 is 0. The summed E-state index contributed by atoms with van der Waals surface area (Å²) in [4.78, 5) is 7.98. The van der Waals surface area contributed by atoms with Gasteiger partial charge in [0.1, 0.15) is 23.7 Å². The molecule has 20 heavy (non-hydrogen) atoms. The molecule has 0 atom stereocenters. The standard InChI is InChI=1S/C14H15F2N3O/c1-4-17-14-13(20-3)12(18-7-19-14)10-9(15)6-5-8(2)11(10)16/h5-7H,4H2,1-3H3,(H,17,18,19). The number of ether oxygens (including phenoxy) is 1. The van der Waals surface area contributed by atoms with Crippen molar-refractivity contribution in [3.63, 3.8) is 0 Å². The fraction of sp³-hybridized carbons (Fsp3) is 0.286. The zero-order valence-corrected chi connectivity index (χ0v) is 11.5. The van der Waals surface area contributed by atoms with E-state index in [1.807, 2.05) is 6.92 Å². The van der Waals surface area contributed by atoms with Crippen LogP contribution in [0.2, 0.25) is 0 Å². The number of nitrogens with one attached hydrogen (secondary N) is 1. The molecule has 0 bridgehead atoms. The molecule has 106 valence electrons. The number of hydrogen-bond donors (Lipinski definition) is 1. The first-order chi connectivity index (χ1) is 9.60. The predicted octanol–water partition coefficient (Wildman–Crippen LogP) is 3.17. The molecular weight excluding hydrogens is 264 g/mol. The lowest BCUT2D eigenvalue weighted by Crippen LogP contribution is -2.05. The van der Waals surface area contributed by atoms with Crippen molar-refractivity contribution in [2.75, 3.05) is 19.0 Å². The maximum absolute atomic E-state index is 14.2. The highest BCUT2D eigenvalue weighted by molar-refractivity contribution is 5.73. The van der Waals surface area contributed by atoms with Crippen molar-refractivity contribution in [2.45, 2.75) is 13.8 Å². The Morgan fingerprint density at radius 1 is 1.25 bits per heavy atom. The Morgan fingerprint density at radius 2 is 2.00 bits per heavy atom. The molecule has 1 aromatic heterocycles. The van der Waals surface area contributed by atoms with Gasteiger partial charge in [-0.1, -0.05) is 6.07 Å². The van der Waals surface area contributed by atoms with Gasteiger partial charge in [-0.05, 0) is 25.5 Å². The molecule has 0 aliphatic carbocycles. The molecule has 1 aromatic carbocycles. The lowest BCUT2D eigenvalue weighted by Gasteiger charge is -2.14. The number of hydrogen-bond acceptors (Lipinski definition) is 4. The van der Waals surface area contributed by atoms with Crippen LogP contribution in [0.3, 0.4) is 0 Å². The van der Waals surface area contributed by atoms with E-state index in [4.69, 9.17) is 4.74 Å². The van der Waals surface area contributed by atoms with Crippen molar-refractivity contribution in [1.29, 1.82) is 0 Å².